The first-order valence-corrected chi connectivity index (χ1v) is 5.26. The summed E-state index contributed by atoms with van der Waals surface area (Å²) in [5, 5.41) is 11.2. The van der Waals surface area contributed by atoms with Gasteiger partial charge in [0.25, 0.3) is 0 Å². The van der Waals surface area contributed by atoms with E-state index in [1.54, 1.807) is 0 Å². The Morgan fingerprint density at radius 3 is 2.93 bits per heavy atom. The van der Waals surface area contributed by atoms with E-state index >= 15 is 0 Å². The van der Waals surface area contributed by atoms with E-state index in [1.807, 2.05) is 24.3 Å². The Morgan fingerprint density at radius 2 is 2.27 bits per heavy atom. The Hall–Kier alpha value is -1.35. The van der Waals surface area contributed by atoms with Crippen LogP contribution < -0.4 is 5.32 Å². The molecule has 1 amide bonds. The summed E-state index contributed by atoms with van der Waals surface area (Å²) in [7, 11) is 0. The zero-order valence-electron chi connectivity index (χ0n) is 8.99. The van der Waals surface area contributed by atoms with E-state index in [2.05, 4.69) is 12.2 Å². The Morgan fingerprint density at radius 1 is 1.47 bits per heavy atom. The van der Waals surface area contributed by atoms with Gasteiger partial charge in [-0.25, -0.2) is 0 Å². The van der Waals surface area contributed by atoms with E-state index < -0.39 is 6.61 Å². The molecule has 82 valence electrons. The minimum absolute atomic E-state index is 0.373. The minimum Gasteiger partial charge on any atom is -0.387 e. The Labute approximate surface area is 90.1 Å². The maximum absolute atomic E-state index is 10.9. The van der Waals surface area contributed by atoms with Gasteiger partial charge >= 0.3 is 0 Å². The number of hydrogen-bond acceptors (Lipinski definition) is 2. The average Bonchev–Trinajstić information content (AvgIpc) is 2.26. The van der Waals surface area contributed by atoms with Crippen molar-refractivity contribution in [3.63, 3.8) is 0 Å². The zero-order chi connectivity index (χ0) is 11.1. The van der Waals surface area contributed by atoms with E-state index in [4.69, 9.17) is 5.11 Å². The molecule has 15 heavy (non-hydrogen) atoms. The largest absolute Gasteiger partial charge is 0.387 e. The van der Waals surface area contributed by atoms with Crippen molar-refractivity contribution in [1.29, 1.82) is 0 Å². The van der Waals surface area contributed by atoms with Crippen LogP contribution in [-0.2, 0) is 11.2 Å². The van der Waals surface area contributed by atoms with Crippen LogP contribution in [0.25, 0.3) is 0 Å². The molecule has 0 heterocycles. The lowest BCUT2D eigenvalue weighted by Gasteiger charge is -2.05. The summed E-state index contributed by atoms with van der Waals surface area (Å²) in [4.78, 5) is 10.9. The van der Waals surface area contributed by atoms with Crippen molar-refractivity contribution in [3.8, 4) is 0 Å². The second-order valence-corrected chi connectivity index (χ2v) is 3.51. The number of aryl methyl sites for hydroxylation is 1. The fourth-order valence-electron chi connectivity index (χ4n) is 1.39. The fourth-order valence-corrected chi connectivity index (χ4v) is 1.39. The molecule has 3 nitrogen and oxygen atoms in total. The van der Waals surface area contributed by atoms with Crippen molar-refractivity contribution in [2.45, 2.75) is 26.2 Å². The predicted octanol–water partition coefficient (Wildman–Crippen LogP) is 1.96. The van der Waals surface area contributed by atoms with Gasteiger partial charge in [-0.2, -0.15) is 0 Å². The van der Waals surface area contributed by atoms with Gasteiger partial charge in [0, 0.05) is 5.69 Å². The standard InChI is InChI=1S/C12H17NO2/c1-2-3-5-10-6-4-7-11(8-10)13-12(15)9-14/h4,6-8,14H,2-3,5,9H2,1H3,(H,13,15). The van der Waals surface area contributed by atoms with Gasteiger partial charge in [-0.3, -0.25) is 4.79 Å². The molecule has 0 spiro atoms. The van der Waals surface area contributed by atoms with Crippen LogP contribution in [0.15, 0.2) is 24.3 Å². The molecular weight excluding hydrogens is 190 g/mol. The van der Waals surface area contributed by atoms with E-state index in [9.17, 15) is 4.79 Å². The van der Waals surface area contributed by atoms with Gasteiger partial charge in [0.15, 0.2) is 0 Å². The van der Waals surface area contributed by atoms with E-state index in [0.717, 1.165) is 24.9 Å². The number of hydrogen-bond donors (Lipinski definition) is 2. The van der Waals surface area contributed by atoms with Crippen LogP contribution in [0.3, 0.4) is 0 Å². The number of amides is 1. The summed E-state index contributed by atoms with van der Waals surface area (Å²) < 4.78 is 0. The van der Waals surface area contributed by atoms with Crippen molar-refractivity contribution in [3.05, 3.63) is 29.8 Å². The second-order valence-electron chi connectivity index (χ2n) is 3.51. The lowest BCUT2D eigenvalue weighted by molar-refractivity contribution is -0.118. The number of aliphatic hydroxyl groups excluding tert-OH is 1. The number of rotatable bonds is 5. The first-order chi connectivity index (χ1) is 7.26. The van der Waals surface area contributed by atoms with Crippen LogP contribution in [0.2, 0.25) is 0 Å². The molecule has 0 atom stereocenters. The highest BCUT2D eigenvalue weighted by molar-refractivity contribution is 5.91. The normalized spacial score (nSPS) is 10.0. The Bertz CT molecular complexity index is 323. The topological polar surface area (TPSA) is 49.3 Å². The van der Waals surface area contributed by atoms with Crippen LogP contribution in [0.1, 0.15) is 25.3 Å². The maximum atomic E-state index is 10.9. The maximum Gasteiger partial charge on any atom is 0.250 e. The molecule has 0 bridgehead atoms. The molecule has 0 aliphatic rings. The summed E-state index contributed by atoms with van der Waals surface area (Å²) >= 11 is 0. The minimum atomic E-state index is -0.473. The highest BCUT2D eigenvalue weighted by Gasteiger charge is 2.00. The number of carbonyl (C=O) groups is 1. The summed E-state index contributed by atoms with van der Waals surface area (Å²) in [6.45, 7) is 1.68. The van der Waals surface area contributed by atoms with Crippen LogP contribution >= 0.6 is 0 Å². The Balaban J connectivity index is 2.61. The third kappa shape index (κ3) is 4.13. The van der Waals surface area contributed by atoms with Gasteiger partial charge in [0.1, 0.15) is 6.61 Å². The van der Waals surface area contributed by atoms with E-state index in [-0.39, 0.29) is 5.91 Å². The molecule has 0 saturated heterocycles. The summed E-state index contributed by atoms with van der Waals surface area (Å²) in [6, 6.07) is 7.73. The molecule has 1 aromatic rings. The van der Waals surface area contributed by atoms with Gasteiger partial charge in [0.05, 0.1) is 0 Å². The number of aliphatic hydroxyl groups is 1. The molecule has 1 aromatic carbocycles. The molecule has 1 rings (SSSR count). The fraction of sp³-hybridized carbons (Fsp3) is 0.417. The quantitative estimate of drug-likeness (QED) is 0.775. The molecule has 0 fully saturated rings. The van der Waals surface area contributed by atoms with E-state index in [0.29, 0.717) is 0 Å². The van der Waals surface area contributed by atoms with Crippen molar-refractivity contribution >= 4 is 11.6 Å². The molecule has 0 aromatic heterocycles. The highest BCUT2D eigenvalue weighted by atomic mass is 16.3. The first kappa shape index (κ1) is 11.7. The molecule has 0 saturated carbocycles. The SMILES string of the molecule is CCCCc1cccc(NC(=O)CO)c1. The molecule has 0 radical (unpaired) electrons. The summed E-state index contributed by atoms with van der Waals surface area (Å²) in [6.07, 6.45) is 3.34. The zero-order valence-corrected chi connectivity index (χ0v) is 8.99. The van der Waals surface area contributed by atoms with Gasteiger partial charge in [0.2, 0.25) is 5.91 Å². The molecule has 3 heteroatoms. The summed E-state index contributed by atoms with van der Waals surface area (Å²) in [5.74, 6) is -0.373. The number of benzene rings is 1. The van der Waals surface area contributed by atoms with Gasteiger partial charge in [-0.05, 0) is 30.5 Å². The van der Waals surface area contributed by atoms with Gasteiger partial charge in [-0.15, -0.1) is 0 Å². The van der Waals surface area contributed by atoms with Crippen molar-refractivity contribution < 1.29 is 9.90 Å². The third-order valence-corrected chi connectivity index (χ3v) is 2.17. The lowest BCUT2D eigenvalue weighted by Crippen LogP contribution is -2.15. The van der Waals surface area contributed by atoms with E-state index in [1.165, 1.54) is 5.56 Å². The lowest BCUT2D eigenvalue weighted by atomic mass is 10.1. The van der Waals surface area contributed by atoms with Crippen molar-refractivity contribution in [2.75, 3.05) is 11.9 Å². The Kier molecular flexibility index (Phi) is 4.84. The van der Waals surface area contributed by atoms with Crippen LogP contribution in [-0.4, -0.2) is 17.6 Å². The third-order valence-electron chi connectivity index (χ3n) is 2.17. The van der Waals surface area contributed by atoms with Gasteiger partial charge < -0.3 is 10.4 Å². The van der Waals surface area contributed by atoms with Crippen molar-refractivity contribution in [2.24, 2.45) is 0 Å². The van der Waals surface area contributed by atoms with Gasteiger partial charge in [-0.1, -0.05) is 25.5 Å². The molecule has 0 unspecified atom stereocenters. The first-order valence-electron chi connectivity index (χ1n) is 5.26. The summed E-state index contributed by atoms with van der Waals surface area (Å²) in [5.41, 5.74) is 1.97. The predicted molar refractivity (Wildman–Crippen MR) is 60.8 cm³/mol. The number of nitrogens with one attached hydrogen (secondary N) is 1. The molecule has 0 aliphatic carbocycles. The van der Waals surface area contributed by atoms with Crippen LogP contribution in [0.5, 0.6) is 0 Å². The number of unbranched alkanes of at least 4 members (excludes halogenated alkanes) is 1. The number of carbonyl (C=O) groups excluding carboxylic acids is 1. The monoisotopic (exact) mass is 207 g/mol. The number of anilines is 1. The van der Waals surface area contributed by atoms with Crippen LogP contribution in [0.4, 0.5) is 5.69 Å². The molecular formula is C12H17NO2. The van der Waals surface area contributed by atoms with Crippen LogP contribution in [0, 0.1) is 0 Å². The molecule has 0 aliphatic heterocycles. The van der Waals surface area contributed by atoms with Crippen molar-refractivity contribution in [1.82, 2.24) is 0 Å². The highest BCUT2D eigenvalue weighted by Crippen LogP contribution is 2.12. The molecule has 2 N–H and O–H groups in total. The second kappa shape index (κ2) is 6.19. The smallest absolute Gasteiger partial charge is 0.250 e. The average molecular weight is 207 g/mol.